The SMILES string of the molecule is CCNC(=NCc1ccc(C)cc1OCC1CC1)NCCNS(C)(=O)=O.I. The van der Waals surface area contributed by atoms with Crippen molar-refractivity contribution in [1.29, 1.82) is 0 Å². The van der Waals surface area contributed by atoms with Crippen LogP contribution < -0.4 is 20.1 Å². The molecule has 0 spiro atoms. The lowest BCUT2D eigenvalue weighted by atomic mass is 10.1. The van der Waals surface area contributed by atoms with Crippen molar-refractivity contribution in [2.75, 3.05) is 32.5 Å². The summed E-state index contributed by atoms with van der Waals surface area (Å²) in [5.41, 5.74) is 2.21. The molecule has 0 unspecified atom stereocenters. The molecule has 0 heterocycles. The molecule has 1 aromatic carbocycles. The van der Waals surface area contributed by atoms with Crippen LogP contribution in [0.25, 0.3) is 0 Å². The van der Waals surface area contributed by atoms with E-state index in [9.17, 15) is 8.42 Å². The van der Waals surface area contributed by atoms with Crippen molar-refractivity contribution < 1.29 is 13.2 Å². The molecule has 1 saturated carbocycles. The lowest BCUT2D eigenvalue weighted by Gasteiger charge is -2.13. The second-order valence-corrected chi connectivity index (χ2v) is 8.49. The van der Waals surface area contributed by atoms with Gasteiger partial charge in [-0.1, -0.05) is 12.1 Å². The number of nitrogens with one attached hydrogen (secondary N) is 3. The zero-order valence-corrected chi connectivity index (χ0v) is 19.4. The Kier molecular flexibility index (Phi) is 10.4. The van der Waals surface area contributed by atoms with Gasteiger partial charge in [0.2, 0.25) is 10.0 Å². The van der Waals surface area contributed by atoms with Gasteiger partial charge in [0, 0.05) is 25.2 Å². The summed E-state index contributed by atoms with van der Waals surface area (Å²) in [5.74, 6) is 2.25. The van der Waals surface area contributed by atoms with Crippen LogP contribution in [0, 0.1) is 12.8 Å². The minimum Gasteiger partial charge on any atom is -0.493 e. The number of guanidine groups is 1. The van der Waals surface area contributed by atoms with Crippen LogP contribution in [-0.2, 0) is 16.6 Å². The number of aliphatic imine (C=N–C) groups is 1. The average molecular weight is 510 g/mol. The van der Waals surface area contributed by atoms with Crippen molar-refractivity contribution in [2.45, 2.75) is 33.2 Å². The van der Waals surface area contributed by atoms with E-state index in [1.54, 1.807) is 0 Å². The quantitative estimate of drug-likeness (QED) is 0.194. The highest BCUT2D eigenvalue weighted by Gasteiger charge is 2.22. The van der Waals surface area contributed by atoms with Gasteiger partial charge in [-0.25, -0.2) is 18.1 Å². The van der Waals surface area contributed by atoms with Crippen molar-refractivity contribution in [3.8, 4) is 5.75 Å². The molecule has 1 fully saturated rings. The van der Waals surface area contributed by atoms with Crippen LogP contribution in [0.5, 0.6) is 5.75 Å². The number of hydrogen-bond donors (Lipinski definition) is 3. The lowest BCUT2D eigenvalue weighted by Crippen LogP contribution is -2.41. The zero-order chi connectivity index (χ0) is 19.0. The first kappa shape index (κ1) is 24.0. The van der Waals surface area contributed by atoms with Crippen LogP contribution in [0.2, 0.25) is 0 Å². The first-order valence-corrected chi connectivity index (χ1v) is 11.0. The summed E-state index contributed by atoms with van der Waals surface area (Å²) in [6, 6.07) is 6.17. The monoisotopic (exact) mass is 510 g/mol. The van der Waals surface area contributed by atoms with E-state index < -0.39 is 10.0 Å². The van der Waals surface area contributed by atoms with Gasteiger partial charge in [-0.3, -0.25) is 0 Å². The van der Waals surface area contributed by atoms with Gasteiger partial charge in [0.1, 0.15) is 5.75 Å². The maximum Gasteiger partial charge on any atom is 0.208 e. The molecule has 0 bridgehead atoms. The molecule has 0 aliphatic heterocycles. The highest BCUT2D eigenvalue weighted by molar-refractivity contribution is 14.0. The van der Waals surface area contributed by atoms with Gasteiger partial charge >= 0.3 is 0 Å². The summed E-state index contributed by atoms with van der Waals surface area (Å²) in [4.78, 5) is 4.59. The summed E-state index contributed by atoms with van der Waals surface area (Å²) in [5, 5.41) is 6.29. The second kappa shape index (κ2) is 11.7. The molecular weight excluding hydrogens is 479 g/mol. The van der Waals surface area contributed by atoms with E-state index in [0.717, 1.165) is 30.7 Å². The molecule has 0 atom stereocenters. The van der Waals surface area contributed by atoms with Gasteiger partial charge in [-0.2, -0.15) is 0 Å². The summed E-state index contributed by atoms with van der Waals surface area (Å²) in [6.45, 7) is 6.80. The van der Waals surface area contributed by atoms with Crippen LogP contribution in [0.3, 0.4) is 0 Å². The lowest BCUT2D eigenvalue weighted by molar-refractivity contribution is 0.296. The van der Waals surface area contributed by atoms with Gasteiger partial charge in [-0.15, -0.1) is 24.0 Å². The fourth-order valence-electron chi connectivity index (χ4n) is 2.34. The maximum absolute atomic E-state index is 11.1. The Hall–Kier alpha value is -1.07. The molecule has 2 rings (SSSR count). The highest BCUT2D eigenvalue weighted by Crippen LogP contribution is 2.30. The van der Waals surface area contributed by atoms with Gasteiger partial charge in [0.15, 0.2) is 5.96 Å². The molecule has 0 radical (unpaired) electrons. The van der Waals surface area contributed by atoms with Crippen LogP contribution in [0.1, 0.15) is 30.9 Å². The van der Waals surface area contributed by atoms with E-state index in [1.165, 1.54) is 18.4 Å². The molecule has 27 heavy (non-hydrogen) atoms. The van der Waals surface area contributed by atoms with Gasteiger partial charge in [0.25, 0.3) is 0 Å². The Morgan fingerprint density at radius 3 is 2.63 bits per heavy atom. The minimum absolute atomic E-state index is 0. The number of sulfonamides is 1. The van der Waals surface area contributed by atoms with E-state index in [1.807, 2.05) is 6.92 Å². The molecule has 7 nitrogen and oxygen atoms in total. The number of aryl methyl sites for hydroxylation is 1. The highest BCUT2D eigenvalue weighted by atomic mass is 127. The third-order valence-electron chi connectivity index (χ3n) is 3.93. The van der Waals surface area contributed by atoms with E-state index in [-0.39, 0.29) is 24.0 Å². The smallest absolute Gasteiger partial charge is 0.208 e. The van der Waals surface area contributed by atoms with E-state index in [2.05, 4.69) is 45.5 Å². The number of hydrogen-bond acceptors (Lipinski definition) is 4. The number of rotatable bonds is 10. The molecule has 1 aliphatic rings. The Morgan fingerprint density at radius 1 is 1.26 bits per heavy atom. The van der Waals surface area contributed by atoms with Crippen molar-refractivity contribution >= 4 is 40.0 Å². The standard InChI is InChI=1S/C18H30N4O3S.HI/c1-4-19-18(20-9-10-22-26(3,23)24)21-12-16-8-5-14(2)11-17(16)25-13-15-6-7-15;/h5,8,11,15,22H,4,6-7,9-10,12-13H2,1-3H3,(H2,19,20,21);1H. The summed E-state index contributed by atoms with van der Waals surface area (Å²) in [6.07, 6.45) is 3.66. The first-order valence-electron chi connectivity index (χ1n) is 9.06. The van der Waals surface area contributed by atoms with Crippen molar-refractivity contribution in [3.63, 3.8) is 0 Å². The van der Waals surface area contributed by atoms with Crippen LogP contribution in [-0.4, -0.2) is 46.9 Å². The third-order valence-corrected chi connectivity index (χ3v) is 4.66. The predicted molar refractivity (Wildman–Crippen MR) is 120 cm³/mol. The topological polar surface area (TPSA) is 91.8 Å². The third kappa shape index (κ3) is 10.2. The Balaban J connectivity index is 0.00000364. The summed E-state index contributed by atoms with van der Waals surface area (Å²) >= 11 is 0. The minimum atomic E-state index is -3.17. The molecular formula is C18H31IN4O3S. The van der Waals surface area contributed by atoms with Gasteiger partial charge in [0.05, 0.1) is 19.4 Å². The van der Waals surface area contributed by atoms with Crippen LogP contribution >= 0.6 is 24.0 Å². The molecule has 0 saturated heterocycles. The van der Waals surface area contributed by atoms with Gasteiger partial charge < -0.3 is 15.4 Å². The fraction of sp³-hybridized carbons (Fsp3) is 0.611. The van der Waals surface area contributed by atoms with Crippen molar-refractivity contribution in [3.05, 3.63) is 29.3 Å². The Labute approximate surface area is 179 Å². The number of nitrogens with zero attached hydrogens (tertiary/aromatic N) is 1. The molecule has 9 heteroatoms. The van der Waals surface area contributed by atoms with Crippen molar-refractivity contribution in [1.82, 2.24) is 15.4 Å². The maximum atomic E-state index is 11.1. The van der Waals surface area contributed by atoms with Crippen LogP contribution in [0.4, 0.5) is 0 Å². The van der Waals surface area contributed by atoms with E-state index in [4.69, 9.17) is 4.74 Å². The zero-order valence-electron chi connectivity index (χ0n) is 16.2. The molecule has 1 aliphatic carbocycles. The Bertz CT molecular complexity index is 721. The van der Waals surface area contributed by atoms with E-state index >= 15 is 0 Å². The molecule has 0 amide bonds. The predicted octanol–water partition coefficient (Wildman–Crippen LogP) is 2.01. The average Bonchev–Trinajstić information content (AvgIpc) is 3.39. The molecule has 154 valence electrons. The van der Waals surface area contributed by atoms with Crippen molar-refractivity contribution in [2.24, 2.45) is 10.9 Å². The molecule has 3 N–H and O–H groups in total. The fourth-order valence-corrected chi connectivity index (χ4v) is 2.82. The van der Waals surface area contributed by atoms with Crippen LogP contribution in [0.15, 0.2) is 23.2 Å². The normalized spacial score (nSPS) is 14.4. The number of ether oxygens (including phenoxy) is 1. The number of benzene rings is 1. The number of halogens is 1. The largest absolute Gasteiger partial charge is 0.493 e. The Morgan fingerprint density at radius 2 is 2.00 bits per heavy atom. The first-order chi connectivity index (χ1) is 12.4. The van der Waals surface area contributed by atoms with Gasteiger partial charge in [-0.05, 0) is 44.2 Å². The summed E-state index contributed by atoms with van der Waals surface area (Å²) < 4.78 is 30.6. The summed E-state index contributed by atoms with van der Waals surface area (Å²) in [7, 11) is -3.17. The van der Waals surface area contributed by atoms with E-state index in [0.29, 0.717) is 31.5 Å². The molecule has 0 aromatic heterocycles. The molecule has 1 aromatic rings. The second-order valence-electron chi connectivity index (χ2n) is 6.65.